The largest absolute Gasteiger partial charge is 0.207 e. The third-order valence-electron chi connectivity index (χ3n) is 4.28. The molecule has 3 aromatic rings. The highest BCUT2D eigenvalue weighted by molar-refractivity contribution is 6.58. The van der Waals surface area contributed by atoms with E-state index in [2.05, 4.69) is 20.5 Å². The van der Waals surface area contributed by atoms with Crippen molar-refractivity contribution in [2.45, 2.75) is 0 Å². The maximum absolute atomic E-state index is 15.0. The number of benzene rings is 3. The Morgan fingerprint density at radius 3 is 1.00 bits per heavy atom. The molecular weight excluding hydrogens is 576 g/mol. The van der Waals surface area contributed by atoms with Gasteiger partial charge in [0.05, 0.1) is 22.5 Å². The third-order valence-corrected chi connectivity index (χ3v) is 5.00. The van der Waals surface area contributed by atoms with E-state index in [0.717, 1.165) is 48.5 Å². The van der Waals surface area contributed by atoms with Crippen LogP contribution in [0.2, 0.25) is 0 Å². The van der Waals surface area contributed by atoms with Crippen molar-refractivity contribution in [2.75, 3.05) is 0 Å². The number of hydrogen-bond acceptors (Lipinski definition) is 4. The van der Waals surface area contributed by atoms with Crippen molar-refractivity contribution in [3.05, 3.63) is 104 Å². The lowest BCUT2D eigenvalue weighted by Gasteiger charge is -2.12. The molecule has 0 aromatic heterocycles. The lowest BCUT2D eigenvalue weighted by atomic mass is 10.0. The molecule has 0 amide bonds. The van der Waals surface area contributed by atoms with E-state index in [1.54, 1.807) is 0 Å². The van der Waals surface area contributed by atoms with Crippen molar-refractivity contribution in [1.82, 2.24) is 0 Å². The Bertz CT molecular complexity index is 1280. The van der Waals surface area contributed by atoms with Gasteiger partial charge in [-0.05, 0) is 48.5 Å². The lowest BCUT2D eigenvalue weighted by molar-refractivity contribution is 0.446. The van der Waals surface area contributed by atoms with Crippen LogP contribution >= 0.6 is 46.4 Å². The second-order valence-electron chi connectivity index (χ2n) is 6.58. The highest BCUT2D eigenvalue weighted by Gasteiger charge is 2.31. The van der Waals surface area contributed by atoms with Gasteiger partial charge in [0.1, 0.15) is 32.0 Å². The number of halogens is 10. The zero-order chi connectivity index (χ0) is 26.6. The molecule has 0 N–H and O–H groups in total. The van der Waals surface area contributed by atoms with Crippen LogP contribution in [0, 0.1) is 34.9 Å². The monoisotopic (exact) mass is 582 g/mol. The molecule has 3 rings (SSSR count). The molecule has 0 saturated carbocycles. The first-order chi connectivity index (χ1) is 17.0. The molecule has 0 aliphatic rings. The highest BCUT2D eigenvalue weighted by Crippen LogP contribution is 2.39. The van der Waals surface area contributed by atoms with Crippen LogP contribution in [0.4, 0.5) is 37.7 Å². The summed E-state index contributed by atoms with van der Waals surface area (Å²) in [6.07, 6.45) is 0. The van der Waals surface area contributed by atoms with Gasteiger partial charge in [-0.25, -0.2) is 26.3 Å². The molecule has 3 aromatic carbocycles. The van der Waals surface area contributed by atoms with E-state index >= 15 is 17.6 Å². The fourth-order valence-corrected chi connectivity index (χ4v) is 3.17. The zero-order valence-electron chi connectivity index (χ0n) is 17.2. The summed E-state index contributed by atoms with van der Waals surface area (Å²) in [7, 11) is 0. The highest BCUT2D eigenvalue weighted by atomic mass is 35.5. The Kier molecular flexibility index (Phi) is 9.13. The first kappa shape index (κ1) is 27.7. The molecule has 0 atom stereocenters. The third kappa shape index (κ3) is 6.25. The van der Waals surface area contributed by atoms with E-state index in [0.29, 0.717) is 0 Å². The van der Waals surface area contributed by atoms with Crippen LogP contribution in [0.15, 0.2) is 78.0 Å². The van der Waals surface area contributed by atoms with Gasteiger partial charge in [0.25, 0.3) is 0 Å². The molecule has 0 fully saturated rings. The van der Waals surface area contributed by atoms with Gasteiger partial charge >= 0.3 is 0 Å². The fraction of sp³-hybridized carbons (Fsp3) is 0. The first-order valence-electron chi connectivity index (χ1n) is 9.33. The minimum absolute atomic E-state index is 0.00205. The number of nitrogens with zero attached hydrogens (tertiary/aromatic N) is 4. The summed E-state index contributed by atoms with van der Waals surface area (Å²) in [4.78, 5) is 0. The molecule has 0 saturated heterocycles. The number of hydrogen-bond donors (Lipinski definition) is 0. The molecule has 0 radical (unpaired) electrons. The molecule has 36 heavy (non-hydrogen) atoms. The molecule has 0 unspecified atom stereocenters. The molecule has 0 spiro atoms. The van der Waals surface area contributed by atoms with Crippen LogP contribution in [0.1, 0.15) is 11.1 Å². The average Bonchev–Trinajstić information content (AvgIpc) is 2.83. The summed E-state index contributed by atoms with van der Waals surface area (Å²) in [5.41, 5.74) is -4.75. The smallest absolute Gasteiger partial charge is 0.172 e. The van der Waals surface area contributed by atoms with E-state index < -0.39 is 66.4 Å². The van der Waals surface area contributed by atoms with E-state index in [9.17, 15) is 8.78 Å². The second kappa shape index (κ2) is 11.9. The van der Waals surface area contributed by atoms with Gasteiger partial charge in [0.2, 0.25) is 0 Å². The predicted octanol–water partition coefficient (Wildman–Crippen LogP) is 10.3. The van der Waals surface area contributed by atoms with E-state index in [1.807, 2.05) is 0 Å². The summed E-state index contributed by atoms with van der Waals surface area (Å²) >= 11 is 22.6. The van der Waals surface area contributed by atoms with Crippen LogP contribution < -0.4 is 0 Å². The quantitative estimate of drug-likeness (QED) is 0.157. The normalized spacial score (nSPS) is 11.4. The Morgan fingerprint density at radius 1 is 0.472 bits per heavy atom. The van der Waals surface area contributed by atoms with E-state index in [1.165, 1.54) is 0 Å². The van der Waals surface area contributed by atoms with Gasteiger partial charge in [-0.2, -0.15) is 10.2 Å². The SMILES string of the molecule is Fc1ccc(N=NC(=C(Cl)Cl)c2c(F)c(F)c(C(N=Nc3ccc(F)cc3)=C(Cl)Cl)c(F)c2F)cc1. The molecule has 14 heteroatoms. The van der Waals surface area contributed by atoms with Crippen molar-refractivity contribution < 1.29 is 26.3 Å². The van der Waals surface area contributed by atoms with Crippen LogP contribution in [0.5, 0.6) is 0 Å². The van der Waals surface area contributed by atoms with Gasteiger partial charge in [0.15, 0.2) is 23.3 Å². The molecule has 0 heterocycles. The molecule has 186 valence electrons. The standard InChI is InChI=1S/C22H8Cl4F6N4/c23-21(24)19(35-33-11-5-1-9(27)2-6-11)13-15(29)17(31)14(18(32)16(13)30)20(22(25)26)36-34-12-7-3-10(28)4-8-12/h1-8H. The van der Waals surface area contributed by atoms with Gasteiger partial charge < -0.3 is 0 Å². The van der Waals surface area contributed by atoms with Crippen LogP contribution in [-0.2, 0) is 0 Å². The van der Waals surface area contributed by atoms with E-state index in [4.69, 9.17) is 46.4 Å². The zero-order valence-corrected chi connectivity index (χ0v) is 20.2. The van der Waals surface area contributed by atoms with Gasteiger partial charge in [-0.1, -0.05) is 46.4 Å². The van der Waals surface area contributed by atoms with Gasteiger partial charge in [-0.3, -0.25) is 0 Å². The van der Waals surface area contributed by atoms with Crippen molar-refractivity contribution >= 4 is 69.2 Å². The Balaban J connectivity index is 2.13. The lowest BCUT2D eigenvalue weighted by Crippen LogP contribution is -2.08. The van der Waals surface area contributed by atoms with Crippen molar-refractivity contribution in [1.29, 1.82) is 0 Å². The molecule has 4 nitrogen and oxygen atoms in total. The summed E-state index contributed by atoms with van der Waals surface area (Å²) in [6, 6.07) is 8.67. The summed E-state index contributed by atoms with van der Waals surface area (Å²) in [5, 5.41) is 14.1. The molecule has 0 aliphatic heterocycles. The molecule has 0 bridgehead atoms. The fourth-order valence-electron chi connectivity index (χ4n) is 2.64. The summed E-state index contributed by atoms with van der Waals surface area (Å²) < 4.78 is 84.4. The van der Waals surface area contributed by atoms with Gasteiger partial charge in [0, 0.05) is 0 Å². The Hall–Kier alpha value is -2.92. The van der Waals surface area contributed by atoms with Crippen molar-refractivity contribution in [3.63, 3.8) is 0 Å². The van der Waals surface area contributed by atoms with Crippen molar-refractivity contribution in [2.24, 2.45) is 20.5 Å². The van der Waals surface area contributed by atoms with E-state index in [-0.39, 0.29) is 11.4 Å². The first-order valence-corrected chi connectivity index (χ1v) is 10.8. The van der Waals surface area contributed by atoms with Crippen molar-refractivity contribution in [3.8, 4) is 0 Å². The van der Waals surface area contributed by atoms with Crippen LogP contribution in [0.25, 0.3) is 11.4 Å². The summed E-state index contributed by atoms with van der Waals surface area (Å²) in [5.74, 6) is -9.15. The minimum atomic E-state index is -1.99. The molecular formula is C22H8Cl4F6N4. The second-order valence-corrected chi connectivity index (χ2v) is 8.48. The van der Waals surface area contributed by atoms with Gasteiger partial charge in [-0.15, -0.1) is 10.2 Å². The molecule has 0 aliphatic carbocycles. The number of rotatable bonds is 6. The Morgan fingerprint density at radius 2 is 0.750 bits per heavy atom. The average molecular weight is 584 g/mol. The van der Waals surface area contributed by atoms with Crippen LogP contribution in [0.3, 0.4) is 0 Å². The maximum Gasteiger partial charge on any atom is 0.172 e. The summed E-state index contributed by atoms with van der Waals surface area (Å²) in [6.45, 7) is 0. The maximum atomic E-state index is 15.0. The topological polar surface area (TPSA) is 49.4 Å². The number of azo groups is 2. The minimum Gasteiger partial charge on any atom is -0.207 e. The Labute approximate surface area is 219 Å². The van der Waals surface area contributed by atoms with Crippen LogP contribution in [-0.4, -0.2) is 0 Å². The predicted molar refractivity (Wildman–Crippen MR) is 125 cm³/mol.